The maximum Gasteiger partial charge on any atom is 0.272 e. The summed E-state index contributed by atoms with van der Waals surface area (Å²) < 4.78 is 0. The van der Waals surface area contributed by atoms with Crippen LogP contribution in [0.3, 0.4) is 0 Å². The Hall–Kier alpha value is -2.10. The molecule has 0 saturated heterocycles. The van der Waals surface area contributed by atoms with Crippen molar-refractivity contribution >= 4 is 11.8 Å². The topological polar surface area (TPSA) is 49.4 Å². The van der Waals surface area contributed by atoms with Gasteiger partial charge < -0.3 is 0 Å². The van der Waals surface area contributed by atoms with E-state index in [2.05, 4.69) is 12.0 Å². The fourth-order valence-electron chi connectivity index (χ4n) is 1.95. The largest absolute Gasteiger partial charge is 0.272 e. The van der Waals surface area contributed by atoms with Gasteiger partial charge in [0.05, 0.1) is 5.54 Å². The van der Waals surface area contributed by atoms with Gasteiger partial charge in [0.15, 0.2) is 0 Å². The third kappa shape index (κ3) is 4.45. The lowest BCUT2D eigenvalue weighted by atomic mass is 10.0. The molecule has 0 fully saturated rings. The van der Waals surface area contributed by atoms with E-state index in [1.807, 2.05) is 52.8 Å². The molecule has 0 aliphatic carbocycles. The summed E-state index contributed by atoms with van der Waals surface area (Å²) >= 11 is 0. The molecule has 0 spiro atoms. The minimum absolute atomic E-state index is 0.232. The molecule has 0 bridgehead atoms. The molecular weight excluding hydrogens is 264 g/mol. The highest BCUT2D eigenvalue weighted by atomic mass is 16.2. The van der Waals surface area contributed by atoms with E-state index in [9.17, 15) is 9.59 Å². The number of nitrogens with zero attached hydrogens (tertiary/aromatic N) is 1. The van der Waals surface area contributed by atoms with Crippen molar-refractivity contribution in [2.75, 3.05) is 0 Å². The molecule has 0 aliphatic heterocycles. The quantitative estimate of drug-likeness (QED) is 0.671. The second-order valence-corrected chi connectivity index (χ2v) is 6.41. The molecule has 114 valence electrons. The van der Waals surface area contributed by atoms with Crippen LogP contribution in [0.25, 0.3) is 0 Å². The third-order valence-corrected chi connectivity index (χ3v) is 2.94. The highest BCUT2D eigenvalue weighted by molar-refractivity contribution is 5.98. The van der Waals surface area contributed by atoms with Crippen LogP contribution < -0.4 is 5.43 Å². The highest BCUT2D eigenvalue weighted by Crippen LogP contribution is 2.17. The fourth-order valence-corrected chi connectivity index (χ4v) is 1.95. The molecule has 21 heavy (non-hydrogen) atoms. The lowest BCUT2D eigenvalue weighted by molar-refractivity contribution is -0.123. The summed E-state index contributed by atoms with van der Waals surface area (Å²) in [6.45, 7) is 14.7. The summed E-state index contributed by atoms with van der Waals surface area (Å²) in [6, 6.07) is 5.65. The van der Waals surface area contributed by atoms with Gasteiger partial charge in [0.2, 0.25) is 0 Å². The molecule has 1 rings (SSSR count). The summed E-state index contributed by atoms with van der Waals surface area (Å²) in [5, 5.41) is 1.36. The van der Waals surface area contributed by atoms with Crippen molar-refractivity contribution in [2.45, 2.75) is 47.1 Å². The van der Waals surface area contributed by atoms with Gasteiger partial charge in [-0.15, -0.1) is 0 Å². The van der Waals surface area contributed by atoms with Crippen LogP contribution in [0.2, 0.25) is 0 Å². The Labute approximate surface area is 126 Å². The molecule has 0 saturated carbocycles. The molecule has 0 heterocycles. The van der Waals surface area contributed by atoms with Crippen molar-refractivity contribution in [1.29, 1.82) is 0 Å². The van der Waals surface area contributed by atoms with Crippen molar-refractivity contribution < 1.29 is 9.59 Å². The van der Waals surface area contributed by atoms with Crippen molar-refractivity contribution in [3.8, 4) is 0 Å². The van der Waals surface area contributed by atoms with E-state index in [1.54, 1.807) is 6.92 Å². The molecular formula is C17H24N2O2. The summed E-state index contributed by atoms with van der Waals surface area (Å²) in [6.07, 6.45) is 0. The first-order valence-electron chi connectivity index (χ1n) is 6.91. The SMILES string of the molecule is C=C(C)C(=O)NN(C(=O)c1cc(C)cc(C)c1)C(C)(C)C. The van der Waals surface area contributed by atoms with Crippen molar-refractivity contribution in [3.63, 3.8) is 0 Å². The van der Waals surface area contributed by atoms with E-state index < -0.39 is 5.54 Å². The van der Waals surface area contributed by atoms with E-state index in [4.69, 9.17) is 0 Å². The maximum atomic E-state index is 12.7. The normalized spacial score (nSPS) is 11.0. The van der Waals surface area contributed by atoms with Crippen molar-refractivity contribution in [2.24, 2.45) is 0 Å². The average Bonchev–Trinajstić information content (AvgIpc) is 2.31. The molecule has 0 unspecified atom stereocenters. The number of hydrogen-bond donors (Lipinski definition) is 1. The number of hydrogen-bond acceptors (Lipinski definition) is 2. The average molecular weight is 288 g/mol. The second-order valence-electron chi connectivity index (χ2n) is 6.41. The molecule has 0 aromatic heterocycles. The first-order valence-corrected chi connectivity index (χ1v) is 6.91. The zero-order valence-corrected chi connectivity index (χ0v) is 13.7. The van der Waals surface area contributed by atoms with Gasteiger partial charge in [0.1, 0.15) is 0 Å². The van der Waals surface area contributed by atoms with E-state index >= 15 is 0 Å². The Bertz CT molecular complexity index is 563. The second kappa shape index (κ2) is 6.12. The molecule has 0 aliphatic rings. The van der Waals surface area contributed by atoms with Gasteiger partial charge in [-0.2, -0.15) is 0 Å². The van der Waals surface area contributed by atoms with Gasteiger partial charge in [-0.1, -0.05) is 23.8 Å². The molecule has 4 nitrogen and oxygen atoms in total. The lowest BCUT2D eigenvalue weighted by Gasteiger charge is -2.35. The molecule has 1 aromatic carbocycles. The van der Waals surface area contributed by atoms with Gasteiger partial charge in [-0.05, 0) is 53.7 Å². The Morgan fingerprint density at radius 1 is 1.10 bits per heavy atom. The fraction of sp³-hybridized carbons (Fsp3) is 0.412. The predicted molar refractivity (Wildman–Crippen MR) is 84.8 cm³/mol. The number of amides is 2. The Morgan fingerprint density at radius 3 is 1.95 bits per heavy atom. The first kappa shape index (κ1) is 17.0. The van der Waals surface area contributed by atoms with Gasteiger partial charge in [-0.25, -0.2) is 5.01 Å². The van der Waals surface area contributed by atoms with E-state index in [0.29, 0.717) is 11.1 Å². The van der Waals surface area contributed by atoms with E-state index in [-0.39, 0.29) is 11.8 Å². The van der Waals surface area contributed by atoms with Gasteiger partial charge >= 0.3 is 0 Å². The summed E-state index contributed by atoms with van der Waals surface area (Å²) in [5.41, 5.74) is 5.04. The van der Waals surface area contributed by atoms with Crippen LogP contribution in [-0.4, -0.2) is 22.4 Å². The Balaban J connectivity index is 3.17. The molecule has 1 N–H and O–H groups in total. The zero-order valence-electron chi connectivity index (χ0n) is 13.7. The Kier molecular flexibility index (Phi) is 4.94. The van der Waals surface area contributed by atoms with Crippen LogP contribution in [0.15, 0.2) is 30.4 Å². The van der Waals surface area contributed by atoms with Gasteiger partial charge in [-0.3, -0.25) is 15.0 Å². The monoisotopic (exact) mass is 288 g/mol. The summed E-state index contributed by atoms with van der Waals surface area (Å²) in [7, 11) is 0. The van der Waals surface area contributed by atoms with Crippen LogP contribution >= 0.6 is 0 Å². The number of hydrazine groups is 1. The van der Waals surface area contributed by atoms with Crippen LogP contribution in [0.4, 0.5) is 0 Å². The van der Waals surface area contributed by atoms with Crippen LogP contribution in [-0.2, 0) is 4.79 Å². The number of benzene rings is 1. The number of nitrogens with one attached hydrogen (secondary N) is 1. The number of aryl methyl sites for hydroxylation is 2. The molecule has 0 radical (unpaired) electrons. The van der Waals surface area contributed by atoms with Crippen LogP contribution in [0, 0.1) is 13.8 Å². The molecule has 2 amide bonds. The number of rotatable bonds is 2. The number of carbonyl (C=O) groups is 2. The standard InChI is InChI=1S/C17H24N2O2/c1-11(2)15(20)18-19(17(5,6)7)16(21)14-9-12(3)8-13(4)10-14/h8-10H,1H2,2-7H3,(H,18,20). The zero-order chi connectivity index (χ0) is 16.4. The molecule has 4 heteroatoms. The van der Waals surface area contributed by atoms with Crippen molar-refractivity contribution in [1.82, 2.24) is 10.4 Å². The Morgan fingerprint density at radius 2 is 1.57 bits per heavy atom. The molecule has 0 atom stereocenters. The smallest absolute Gasteiger partial charge is 0.268 e. The van der Waals surface area contributed by atoms with E-state index in [1.165, 1.54) is 5.01 Å². The van der Waals surface area contributed by atoms with Crippen molar-refractivity contribution in [3.05, 3.63) is 47.0 Å². The summed E-state index contributed by atoms with van der Waals surface area (Å²) in [5.74, 6) is -0.591. The van der Waals surface area contributed by atoms with Crippen LogP contribution in [0.5, 0.6) is 0 Å². The first-order chi connectivity index (χ1) is 9.52. The number of carbonyl (C=O) groups excluding carboxylic acids is 2. The highest BCUT2D eigenvalue weighted by Gasteiger charge is 2.29. The van der Waals surface area contributed by atoms with Gasteiger partial charge in [0.25, 0.3) is 11.8 Å². The van der Waals surface area contributed by atoms with Gasteiger partial charge in [0, 0.05) is 11.1 Å². The minimum Gasteiger partial charge on any atom is -0.268 e. The third-order valence-electron chi connectivity index (χ3n) is 2.94. The maximum absolute atomic E-state index is 12.7. The lowest BCUT2D eigenvalue weighted by Crippen LogP contribution is -2.56. The predicted octanol–water partition coefficient (Wildman–Crippen LogP) is 3.15. The minimum atomic E-state index is -0.542. The van der Waals surface area contributed by atoms with E-state index in [0.717, 1.165) is 11.1 Å². The summed E-state index contributed by atoms with van der Waals surface area (Å²) in [4.78, 5) is 24.6. The van der Waals surface area contributed by atoms with Crippen LogP contribution in [0.1, 0.15) is 49.2 Å². The molecule has 1 aromatic rings.